The van der Waals surface area contributed by atoms with Gasteiger partial charge in [-0.15, -0.1) is 0 Å². The summed E-state index contributed by atoms with van der Waals surface area (Å²) in [6.45, 7) is 0. The average Bonchev–Trinajstić information content (AvgIpc) is 3.01. The summed E-state index contributed by atoms with van der Waals surface area (Å²) in [5, 5.41) is 2.61. The maximum Gasteiger partial charge on any atom is 0.262 e. The Morgan fingerprint density at radius 2 is 1.58 bits per heavy atom. The first-order valence-electron chi connectivity index (χ1n) is 7.93. The topological polar surface area (TPSA) is 46.4 Å². The van der Waals surface area contributed by atoms with E-state index >= 15 is 0 Å². The number of fused-ring (bicyclic) bond motifs is 1. The van der Waals surface area contributed by atoms with Gasteiger partial charge in [0.05, 0.1) is 0 Å². The zero-order chi connectivity index (χ0) is 18.1. The number of anilines is 1. The third kappa shape index (κ3) is 2.71. The fourth-order valence-corrected chi connectivity index (χ4v) is 2.80. The van der Waals surface area contributed by atoms with Crippen molar-refractivity contribution in [3.05, 3.63) is 90.1 Å². The molecule has 0 aliphatic carbocycles. The van der Waals surface area contributed by atoms with Gasteiger partial charge in [0, 0.05) is 11.8 Å². The van der Waals surface area contributed by atoms with Gasteiger partial charge < -0.3 is 5.32 Å². The molecule has 2 aromatic carbocycles. The van der Waals surface area contributed by atoms with Crippen LogP contribution in [0.4, 0.5) is 14.6 Å². The van der Waals surface area contributed by atoms with Crippen LogP contribution in [0.2, 0.25) is 0 Å². The van der Waals surface area contributed by atoms with Crippen molar-refractivity contribution in [3.63, 3.8) is 0 Å². The van der Waals surface area contributed by atoms with E-state index in [1.807, 2.05) is 36.4 Å². The second kappa shape index (κ2) is 6.40. The number of aromatic nitrogens is 2. The Morgan fingerprint density at radius 3 is 2.31 bits per heavy atom. The number of nitrogens with zero attached hydrogens (tertiary/aromatic N) is 2. The maximum atomic E-state index is 13.9. The van der Waals surface area contributed by atoms with Crippen LogP contribution in [-0.2, 0) is 0 Å². The van der Waals surface area contributed by atoms with Crippen molar-refractivity contribution in [3.8, 4) is 11.3 Å². The molecule has 128 valence electrons. The van der Waals surface area contributed by atoms with E-state index in [1.165, 1.54) is 6.07 Å². The third-order valence-corrected chi connectivity index (χ3v) is 4.00. The largest absolute Gasteiger partial charge is 0.306 e. The van der Waals surface area contributed by atoms with Gasteiger partial charge in [-0.25, -0.2) is 13.8 Å². The number of halogens is 2. The second-order valence-corrected chi connectivity index (χ2v) is 5.65. The zero-order valence-electron chi connectivity index (χ0n) is 13.5. The first-order valence-corrected chi connectivity index (χ1v) is 7.93. The molecule has 4 rings (SSSR count). The molecule has 0 aliphatic rings. The van der Waals surface area contributed by atoms with Crippen LogP contribution in [0.1, 0.15) is 10.4 Å². The summed E-state index contributed by atoms with van der Waals surface area (Å²) < 4.78 is 29.6. The lowest BCUT2D eigenvalue weighted by Gasteiger charge is -2.09. The highest BCUT2D eigenvalue weighted by Crippen LogP contribution is 2.29. The van der Waals surface area contributed by atoms with Crippen molar-refractivity contribution in [2.75, 3.05) is 5.32 Å². The van der Waals surface area contributed by atoms with Crippen LogP contribution in [0, 0.1) is 11.6 Å². The Morgan fingerprint density at radius 1 is 0.885 bits per heavy atom. The van der Waals surface area contributed by atoms with E-state index in [4.69, 9.17) is 0 Å². The predicted octanol–water partition coefficient (Wildman–Crippen LogP) is 4.53. The minimum atomic E-state index is -0.919. The van der Waals surface area contributed by atoms with Crippen LogP contribution in [0.5, 0.6) is 0 Å². The molecule has 0 radical (unpaired) electrons. The van der Waals surface area contributed by atoms with Gasteiger partial charge in [0.1, 0.15) is 34.4 Å². The summed E-state index contributed by atoms with van der Waals surface area (Å²) in [4.78, 5) is 17.1. The van der Waals surface area contributed by atoms with Gasteiger partial charge in [0.15, 0.2) is 0 Å². The third-order valence-electron chi connectivity index (χ3n) is 4.00. The first kappa shape index (κ1) is 16.0. The average molecular weight is 349 g/mol. The molecule has 4 nitrogen and oxygen atoms in total. The van der Waals surface area contributed by atoms with Crippen molar-refractivity contribution < 1.29 is 13.6 Å². The van der Waals surface area contributed by atoms with E-state index in [1.54, 1.807) is 22.7 Å². The number of pyridine rings is 1. The van der Waals surface area contributed by atoms with Gasteiger partial charge in [0.25, 0.3) is 5.91 Å². The van der Waals surface area contributed by atoms with Crippen LogP contribution in [0.3, 0.4) is 0 Å². The summed E-state index contributed by atoms with van der Waals surface area (Å²) >= 11 is 0. The number of nitrogens with one attached hydrogen (secondary N) is 1. The molecule has 2 heterocycles. The monoisotopic (exact) mass is 349 g/mol. The van der Waals surface area contributed by atoms with Gasteiger partial charge in [0.2, 0.25) is 0 Å². The number of hydrogen-bond donors (Lipinski definition) is 1. The van der Waals surface area contributed by atoms with E-state index in [9.17, 15) is 13.6 Å². The fourth-order valence-electron chi connectivity index (χ4n) is 2.80. The highest BCUT2D eigenvalue weighted by molar-refractivity contribution is 6.06. The van der Waals surface area contributed by atoms with Crippen LogP contribution >= 0.6 is 0 Å². The first-order chi connectivity index (χ1) is 12.6. The zero-order valence-corrected chi connectivity index (χ0v) is 13.5. The van der Waals surface area contributed by atoms with Gasteiger partial charge >= 0.3 is 0 Å². The lowest BCUT2D eigenvalue weighted by atomic mass is 10.1. The number of hydrogen-bond acceptors (Lipinski definition) is 2. The van der Waals surface area contributed by atoms with E-state index in [0.717, 1.165) is 17.7 Å². The molecule has 0 atom stereocenters. The van der Waals surface area contributed by atoms with Gasteiger partial charge in [-0.05, 0) is 24.3 Å². The molecule has 0 fully saturated rings. The number of carbonyl (C=O) groups excluding carboxylic acids is 1. The smallest absolute Gasteiger partial charge is 0.262 e. The summed E-state index contributed by atoms with van der Waals surface area (Å²) in [6.07, 6.45) is 1.72. The molecule has 0 saturated carbocycles. The lowest BCUT2D eigenvalue weighted by molar-refractivity contribution is 0.101. The Hall–Kier alpha value is -3.54. The molecule has 1 N–H and O–H groups in total. The minimum absolute atomic E-state index is 0.347. The quantitative estimate of drug-likeness (QED) is 0.591. The predicted molar refractivity (Wildman–Crippen MR) is 94.9 cm³/mol. The van der Waals surface area contributed by atoms with Gasteiger partial charge in [-0.2, -0.15) is 0 Å². The van der Waals surface area contributed by atoms with Crippen molar-refractivity contribution in [1.82, 2.24) is 9.38 Å². The molecular formula is C20H13F2N3O. The van der Waals surface area contributed by atoms with Gasteiger partial charge in [-0.1, -0.05) is 42.5 Å². The van der Waals surface area contributed by atoms with Gasteiger partial charge in [-0.3, -0.25) is 9.20 Å². The highest BCUT2D eigenvalue weighted by atomic mass is 19.1. The number of amides is 1. The molecule has 4 aromatic rings. The van der Waals surface area contributed by atoms with E-state index in [-0.39, 0.29) is 0 Å². The van der Waals surface area contributed by atoms with E-state index in [2.05, 4.69) is 10.3 Å². The van der Waals surface area contributed by atoms with Crippen LogP contribution < -0.4 is 5.32 Å². The number of imidazole rings is 1. The lowest BCUT2D eigenvalue weighted by Crippen LogP contribution is -2.17. The molecule has 6 heteroatoms. The minimum Gasteiger partial charge on any atom is -0.306 e. The van der Waals surface area contributed by atoms with Crippen LogP contribution in [0.25, 0.3) is 16.9 Å². The number of rotatable bonds is 3. The van der Waals surface area contributed by atoms with E-state index in [0.29, 0.717) is 17.2 Å². The van der Waals surface area contributed by atoms with E-state index < -0.39 is 23.1 Å². The van der Waals surface area contributed by atoms with Crippen molar-refractivity contribution in [1.29, 1.82) is 0 Å². The molecule has 0 aliphatic heterocycles. The molecule has 26 heavy (non-hydrogen) atoms. The SMILES string of the molecule is O=C(Nc1c(-c2ccccc2)nc2ccccn12)c1c(F)cccc1F. The number of benzene rings is 2. The second-order valence-electron chi connectivity index (χ2n) is 5.65. The van der Waals surface area contributed by atoms with Crippen molar-refractivity contribution >= 4 is 17.4 Å². The number of carbonyl (C=O) groups is 1. The highest BCUT2D eigenvalue weighted by Gasteiger charge is 2.21. The van der Waals surface area contributed by atoms with Crippen LogP contribution in [0.15, 0.2) is 72.9 Å². The molecule has 0 bridgehead atoms. The maximum absolute atomic E-state index is 13.9. The summed E-state index contributed by atoms with van der Waals surface area (Å²) in [5.41, 5.74) is 1.27. The Balaban J connectivity index is 1.84. The molecule has 1 amide bonds. The molecule has 0 spiro atoms. The molecule has 0 unspecified atom stereocenters. The Bertz CT molecular complexity index is 1090. The van der Waals surface area contributed by atoms with Crippen molar-refractivity contribution in [2.24, 2.45) is 0 Å². The fraction of sp³-hybridized carbons (Fsp3) is 0. The van der Waals surface area contributed by atoms with Crippen LogP contribution in [-0.4, -0.2) is 15.3 Å². The summed E-state index contributed by atoms with van der Waals surface area (Å²) in [5.74, 6) is -2.36. The summed E-state index contributed by atoms with van der Waals surface area (Å²) in [6, 6.07) is 17.9. The molecule has 2 aromatic heterocycles. The Kier molecular flexibility index (Phi) is 3.93. The summed E-state index contributed by atoms with van der Waals surface area (Å²) in [7, 11) is 0. The molecule has 0 saturated heterocycles. The van der Waals surface area contributed by atoms with Crippen molar-refractivity contribution in [2.45, 2.75) is 0 Å². The normalized spacial score (nSPS) is 10.8. The Labute approximate surface area is 147 Å². The molecular weight excluding hydrogens is 336 g/mol. The standard InChI is InChI=1S/C20H13F2N3O/c21-14-9-6-10-15(22)17(14)20(26)24-19-18(13-7-2-1-3-8-13)23-16-11-4-5-12-25(16)19/h1-12H,(H,24,26).